The highest BCUT2D eigenvalue weighted by molar-refractivity contribution is 9.10. The van der Waals surface area contributed by atoms with Gasteiger partial charge >= 0.3 is 0 Å². The SMILES string of the molecule is CCCc1nc2ccc(Br)cc2c(=O)n1N=Cc1ccc(N2CCCCC2)cc1F. The van der Waals surface area contributed by atoms with Crippen molar-refractivity contribution in [2.75, 3.05) is 18.0 Å². The minimum Gasteiger partial charge on any atom is -0.371 e. The predicted molar refractivity (Wildman–Crippen MR) is 123 cm³/mol. The van der Waals surface area contributed by atoms with Crippen LogP contribution in [0.3, 0.4) is 0 Å². The maximum atomic E-state index is 14.7. The Morgan fingerprint density at radius 1 is 1.17 bits per heavy atom. The molecule has 0 N–H and O–H groups in total. The summed E-state index contributed by atoms with van der Waals surface area (Å²) in [5.41, 5.74) is 1.62. The molecule has 0 radical (unpaired) electrons. The van der Waals surface area contributed by atoms with Gasteiger partial charge in [-0.15, -0.1) is 0 Å². The monoisotopic (exact) mass is 470 g/mol. The average molecular weight is 471 g/mol. The first kappa shape index (κ1) is 20.7. The van der Waals surface area contributed by atoms with E-state index in [-0.39, 0.29) is 11.4 Å². The van der Waals surface area contributed by atoms with E-state index in [1.54, 1.807) is 18.2 Å². The maximum Gasteiger partial charge on any atom is 0.282 e. The first-order valence-corrected chi connectivity index (χ1v) is 11.2. The second kappa shape index (κ2) is 9.08. The minimum absolute atomic E-state index is 0.258. The number of nitrogens with zero attached hydrogens (tertiary/aromatic N) is 4. The van der Waals surface area contributed by atoms with Gasteiger partial charge in [0.05, 0.1) is 17.1 Å². The lowest BCUT2D eigenvalue weighted by molar-refractivity contribution is 0.574. The Morgan fingerprint density at radius 3 is 2.70 bits per heavy atom. The van der Waals surface area contributed by atoms with Gasteiger partial charge in [-0.3, -0.25) is 4.79 Å². The number of fused-ring (bicyclic) bond motifs is 1. The lowest BCUT2D eigenvalue weighted by Crippen LogP contribution is -2.29. The molecule has 2 aromatic carbocycles. The van der Waals surface area contributed by atoms with Gasteiger partial charge < -0.3 is 4.90 Å². The molecule has 1 aliphatic heterocycles. The van der Waals surface area contributed by atoms with Crippen LogP contribution in [-0.4, -0.2) is 29.0 Å². The van der Waals surface area contributed by atoms with Gasteiger partial charge in [0, 0.05) is 35.2 Å². The standard InChI is InChI=1S/C23H24BrFN4O/c1-2-6-22-27-21-10-8-17(24)13-19(21)23(30)29(22)26-15-16-7-9-18(14-20(16)25)28-11-4-3-5-12-28/h7-10,13-15H,2-6,11-12H2,1H3. The van der Waals surface area contributed by atoms with Crippen LogP contribution >= 0.6 is 15.9 Å². The molecule has 0 saturated carbocycles. The number of hydrogen-bond donors (Lipinski definition) is 0. The molecule has 2 heterocycles. The van der Waals surface area contributed by atoms with Crippen LogP contribution in [0.25, 0.3) is 10.9 Å². The Kier molecular flexibility index (Phi) is 6.27. The summed E-state index contributed by atoms with van der Waals surface area (Å²) in [7, 11) is 0. The lowest BCUT2D eigenvalue weighted by Gasteiger charge is -2.28. The molecule has 3 aromatic rings. The van der Waals surface area contributed by atoms with Crippen LogP contribution in [0.5, 0.6) is 0 Å². The Balaban J connectivity index is 1.70. The topological polar surface area (TPSA) is 50.5 Å². The Morgan fingerprint density at radius 2 is 1.97 bits per heavy atom. The van der Waals surface area contributed by atoms with Gasteiger partial charge in [0.1, 0.15) is 11.6 Å². The third kappa shape index (κ3) is 4.31. The predicted octanol–water partition coefficient (Wildman–Crippen LogP) is 5.12. The van der Waals surface area contributed by atoms with Crippen LogP contribution < -0.4 is 10.5 Å². The van der Waals surface area contributed by atoms with Crippen LogP contribution in [0.15, 0.2) is 50.8 Å². The molecule has 1 aromatic heterocycles. The van der Waals surface area contributed by atoms with Crippen LogP contribution in [0.1, 0.15) is 44.0 Å². The zero-order chi connectivity index (χ0) is 21.1. The van der Waals surface area contributed by atoms with Crippen molar-refractivity contribution in [2.24, 2.45) is 5.10 Å². The summed E-state index contributed by atoms with van der Waals surface area (Å²) in [4.78, 5) is 19.8. The maximum absolute atomic E-state index is 14.7. The van der Waals surface area contributed by atoms with E-state index in [0.717, 1.165) is 42.5 Å². The van der Waals surface area contributed by atoms with E-state index >= 15 is 0 Å². The molecule has 5 nitrogen and oxygen atoms in total. The molecule has 0 unspecified atom stereocenters. The average Bonchev–Trinajstić information content (AvgIpc) is 2.76. The van der Waals surface area contributed by atoms with E-state index in [9.17, 15) is 9.18 Å². The lowest BCUT2D eigenvalue weighted by atomic mass is 10.1. The number of halogens is 2. The largest absolute Gasteiger partial charge is 0.371 e. The van der Waals surface area contributed by atoms with Crippen molar-refractivity contribution >= 4 is 38.7 Å². The van der Waals surface area contributed by atoms with Crippen LogP contribution in [0.4, 0.5) is 10.1 Å². The fourth-order valence-electron chi connectivity index (χ4n) is 3.79. The van der Waals surface area contributed by atoms with Gasteiger partial charge in [0.2, 0.25) is 0 Å². The van der Waals surface area contributed by atoms with E-state index < -0.39 is 0 Å². The second-order valence-electron chi connectivity index (χ2n) is 7.55. The van der Waals surface area contributed by atoms with E-state index in [2.05, 4.69) is 30.9 Å². The zero-order valence-electron chi connectivity index (χ0n) is 16.9. The molecular formula is C23H24BrFN4O. The molecule has 4 rings (SSSR count). The quantitative estimate of drug-likeness (QED) is 0.486. The normalized spacial score (nSPS) is 14.7. The molecule has 30 heavy (non-hydrogen) atoms. The summed E-state index contributed by atoms with van der Waals surface area (Å²) in [6.07, 6.45) is 6.34. The molecule has 0 atom stereocenters. The molecule has 1 fully saturated rings. The zero-order valence-corrected chi connectivity index (χ0v) is 18.5. The third-order valence-corrected chi connectivity index (χ3v) is 5.86. The van der Waals surface area contributed by atoms with Gasteiger partial charge in [-0.05, 0) is 62.1 Å². The van der Waals surface area contributed by atoms with Gasteiger partial charge in [0.15, 0.2) is 0 Å². The van der Waals surface area contributed by atoms with Crippen molar-refractivity contribution in [1.29, 1.82) is 0 Å². The van der Waals surface area contributed by atoms with Gasteiger partial charge in [-0.1, -0.05) is 22.9 Å². The fourth-order valence-corrected chi connectivity index (χ4v) is 4.15. The number of anilines is 1. The van der Waals surface area contributed by atoms with E-state index in [4.69, 9.17) is 0 Å². The summed E-state index contributed by atoms with van der Waals surface area (Å²) >= 11 is 3.40. The van der Waals surface area contributed by atoms with Crippen LogP contribution in [-0.2, 0) is 6.42 Å². The molecule has 0 bridgehead atoms. The summed E-state index contributed by atoms with van der Waals surface area (Å²) in [6, 6.07) is 10.6. The highest BCUT2D eigenvalue weighted by Gasteiger charge is 2.13. The highest BCUT2D eigenvalue weighted by Crippen LogP contribution is 2.22. The molecule has 0 amide bonds. The van der Waals surface area contributed by atoms with Gasteiger partial charge in [0.25, 0.3) is 5.56 Å². The van der Waals surface area contributed by atoms with E-state index in [1.165, 1.54) is 17.3 Å². The van der Waals surface area contributed by atoms with Crippen molar-refractivity contribution in [3.8, 4) is 0 Å². The molecule has 1 aliphatic rings. The molecule has 7 heteroatoms. The smallest absolute Gasteiger partial charge is 0.282 e. The Bertz CT molecular complexity index is 1150. The molecular weight excluding hydrogens is 447 g/mol. The Hall–Kier alpha value is -2.54. The molecule has 156 valence electrons. The molecule has 0 aliphatic carbocycles. The van der Waals surface area contributed by atoms with Crippen molar-refractivity contribution in [3.05, 3.63) is 68.4 Å². The number of aromatic nitrogens is 2. The molecule has 1 saturated heterocycles. The number of rotatable bonds is 5. The summed E-state index contributed by atoms with van der Waals surface area (Å²) in [6.45, 7) is 3.94. The van der Waals surface area contributed by atoms with E-state index in [1.807, 2.05) is 25.1 Å². The van der Waals surface area contributed by atoms with Crippen LogP contribution in [0, 0.1) is 5.82 Å². The van der Waals surface area contributed by atoms with Crippen molar-refractivity contribution in [2.45, 2.75) is 39.0 Å². The number of aryl methyl sites for hydroxylation is 1. The highest BCUT2D eigenvalue weighted by atomic mass is 79.9. The summed E-state index contributed by atoms with van der Waals surface area (Å²) in [5.74, 6) is 0.224. The Labute approximate surface area is 183 Å². The van der Waals surface area contributed by atoms with Crippen molar-refractivity contribution in [1.82, 2.24) is 9.66 Å². The number of piperidine rings is 1. The third-order valence-electron chi connectivity index (χ3n) is 5.37. The van der Waals surface area contributed by atoms with Gasteiger partial charge in [-0.2, -0.15) is 9.78 Å². The summed E-state index contributed by atoms with van der Waals surface area (Å²) in [5, 5.41) is 4.80. The van der Waals surface area contributed by atoms with E-state index in [0.29, 0.717) is 28.7 Å². The molecule has 0 spiro atoms. The first-order chi connectivity index (χ1) is 14.6. The van der Waals surface area contributed by atoms with Crippen molar-refractivity contribution in [3.63, 3.8) is 0 Å². The fraction of sp³-hybridized carbons (Fsp3) is 0.348. The summed E-state index contributed by atoms with van der Waals surface area (Å²) < 4.78 is 16.8. The van der Waals surface area contributed by atoms with Gasteiger partial charge in [-0.25, -0.2) is 9.37 Å². The second-order valence-corrected chi connectivity index (χ2v) is 8.47. The number of hydrogen-bond acceptors (Lipinski definition) is 4. The first-order valence-electron chi connectivity index (χ1n) is 10.4. The van der Waals surface area contributed by atoms with Crippen molar-refractivity contribution < 1.29 is 4.39 Å². The number of benzene rings is 2. The minimum atomic E-state index is -0.344. The van der Waals surface area contributed by atoms with Crippen LogP contribution in [0.2, 0.25) is 0 Å².